The van der Waals surface area contributed by atoms with Gasteiger partial charge in [-0.25, -0.2) is 4.98 Å². The highest BCUT2D eigenvalue weighted by molar-refractivity contribution is 7.22. The van der Waals surface area contributed by atoms with Crippen molar-refractivity contribution in [2.24, 2.45) is 13.0 Å². The molecule has 0 aliphatic carbocycles. The molecule has 0 spiro atoms. The molecule has 0 N–H and O–H groups in total. The SMILES string of the molecule is Cc1ccc(C)c2sc(N3CCC(CN(C)C(=O)c4cc(C)n(C)n4)CC3)nc12. The van der Waals surface area contributed by atoms with E-state index < -0.39 is 0 Å². The Bertz CT molecular complexity index is 987. The van der Waals surface area contributed by atoms with E-state index in [1.807, 2.05) is 32.0 Å². The molecular formula is C22H29N5OS. The average molecular weight is 412 g/mol. The predicted octanol–water partition coefficient (Wildman–Crippen LogP) is 3.94. The van der Waals surface area contributed by atoms with Gasteiger partial charge in [0.1, 0.15) is 0 Å². The number of fused-ring (bicyclic) bond motifs is 1. The topological polar surface area (TPSA) is 54.3 Å². The van der Waals surface area contributed by atoms with Crippen molar-refractivity contribution in [3.63, 3.8) is 0 Å². The van der Waals surface area contributed by atoms with Gasteiger partial charge in [0.2, 0.25) is 0 Å². The predicted molar refractivity (Wildman–Crippen MR) is 119 cm³/mol. The minimum absolute atomic E-state index is 0.00764. The van der Waals surface area contributed by atoms with E-state index in [4.69, 9.17) is 4.98 Å². The van der Waals surface area contributed by atoms with Crippen molar-refractivity contribution >= 4 is 32.6 Å². The van der Waals surface area contributed by atoms with Gasteiger partial charge in [-0.05, 0) is 56.7 Å². The van der Waals surface area contributed by atoms with Gasteiger partial charge in [-0.2, -0.15) is 5.10 Å². The van der Waals surface area contributed by atoms with Crippen LogP contribution in [0, 0.1) is 26.7 Å². The number of hydrogen-bond acceptors (Lipinski definition) is 5. The maximum Gasteiger partial charge on any atom is 0.274 e. The van der Waals surface area contributed by atoms with Crippen LogP contribution in [0.1, 0.15) is 40.2 Å². The number of amides is 1. The molecule has 1 aliphatic rings. The molecule has 1 aromatic carbocycles. The molecule has 4 rings (SSSR count). The van der Waals surface area contributed by atoms with Gasteiger partial charge in [0.15, 0.2) is 10.8 Å². The van der Waals surface area contributed by atoms with Gasteiger partial charge in [-0.1, -0.05) is 23.5 Å². The van der Waals surface area contributed by atoms with Gasteiger partial charge in [0, 0.05) is 39.4 Å². The zero-order valence-corrected chi connectivity index (χ0v) is 18.7. The van der Waals surface area contributed by atoms with Crippen molar-refractivity contribution in [1.29, 1.82) is 0 Å². The van der Waals surface area contributed by atoms with E-state index in [1.165, 1.54) is 15.8 Å². The third-order valence-corrected chi connectivity index (χ3v) is 7.28. The first kappa shape index (κ1) is 19.9. The second-order valence-electron chi connectivity index (χ2n) is 8.28. The van der Waals surface area contributed by atoms with Gasteiger partial charge in [0.05, 0.1) is 10.2 Å². The molecule has 1 amide bonds. The first-order valence-corrected chi connectivity index (χ1v) is 11.0. The van der Waals surface area contributed by atoms with Crippen molar-refractivity contribution in [2.45, 2.75) is 33.6 Å². The number of aryl methyl sites for hydroxylation is 4. The van der Waals surface area contributed by atoms with Crippen LogP contribution in [0.4, 0.5) is 5.13 Å². The standard InChI is InChI=1S/C22H29N5OS/c1-14-6-7-15(2)20-19(14)23-22(29-20)27-10-8-17(9-11-27)13-25(4)21(28)18-12-16(3)26(5)24-18/h6-7,12,17H,8-11,13H2,1-5H3. The quantitative estimate of drug-likeness (QED) is 0.652. The average Bonchev–Trinajstić information content (AvgIpc) is 3.30. The number of anilines is 1. The summed E-state index contributed by atoms with van der Waals surface area (Å²) in [5.74, 6) is 0.524. The number of aromatic nitrogens is 3. The van der Waals surface area contributed by atoms with Crippen molar-refractivity contribution in [3.8, 4) is 0 Å². The Balaban J connectivity index is 1.37. The van der Waals surface area contributed by atoms with Crippen LogP contribution in [0.15, 0.2) is 18.2 Å². The monoisotopic (exact) mass is 411 g/mol. The number of carbonyl (C=O) groups is 1. The van der Waals surface area contributed by atoms with Gasteiger partial charge < -0.3 is 9.80 Å². The first-order chi connectivity index (χ1) is 13.8. The number of nitrogens with zero attached hydrogens (tertiary/aromatic N) is 5. The maximum atomic E-state index is 12.7. The fourth-order valence-corrected chi connectivity index (χ4v) is 5.18. The molecule has 0 bridgehead atoms. The van der Waals surface area contributed by atoms with E-state index in [2.05, 4.69) is 36.0 Å². The minimum Gasteiger partial charge on any atom is -0.348 e. The summed E-state index contributed by atoms with van der Waals surface area (Å²) in [5.41, 5.74) is 5.21. The molecule has 0 atom stereocenters. The molecule has 29 heavy (non-hydrogen) atoms. The minimum atomic E-state index is 0.00764. The van der Waals surface area contributed by atoms with Gasteiger partial charge in [-0.3, -0.25) is 9.48 Å². The van der Waals surface area contributed by atoms with Gasteiger partial charge in [0.25, 0.3) is 5.91 Å². The van der Waals surface area contributed by atoms with Crippen molar-refractivity contribution in [3.05, 3.63) is 40.7 Å². The lowest BCUT2D eigenvalue weighted by atomic mass is 9.96. The molecular weight excluding hydrogens is 382 g/mol. The highest BCUT2D eigenvalue weighted by Crippen LogP contribution is 2.34. The van der Waals surface area contributed by atoms with E-state index in [1.54, 1.807) is 16.0 Å². The Morgan fingerprint density at radius 1 is 1.21 bits per heavy atom. The van der Waals surface area contributed by atoms with Crippen molar-refractivity contribution < 1.29 is 4.79 Å². The van der Waals surface area contributed by atoms with Crippen LogP contribution >= 0.6 is 11.3 Å². The number of thiazole rings is 1. The Hall–Kier alpha value is -2.41. The third kappa shape index (κ3) is 3.88. The number of rotatable bonds is 4. The molecule has 0 radical (unpaired) electrons. The molecule has 7 heteroatoms. The zero-order valence-electron chi connectivity index (χ0n) is 17.9. The summed E-state index contributed by atoms with van der Waals surface area (Å²) in [6, 6.07) is 6.20. The number of hydrogen-bond donors (Lipinski definition) is 0. The molecule has 2 aromatic heterocycles. The Labute approximate surface area is 176 Å². The summed E-state index contributed by atoms with van der Waals surface area (Å²) in [4.78, 5) is 21.8. The Morgan fingerprint density at radius 3 is 2.52 bits per heavy atom. The normalized spacial score (nSPS) is 15.3. The molecule has 0 saturated carbocycles. The zero-order chi connectivity index (χ0) is 20.7. The molecule has 0 unspecified atom stereocenters. The van der Waals surface area contributed by atoms with E-state index >= 15 is 0 Å². The maximum absolute atomic E-state index is 12.7. The lowest BCUT2D eigenvalue weighted by molar-refractivity contribution is 0.0758. The number of carbonyl (C=O) groups excluding carboxylic acids is 1. The van der Waals surface area contributed by atoms with E-state index in [0.29, 0.717) is 11.6 Å². The summed E-state index contributed by atoms with van der Waals surface area (Å²) in [6.07, 6.45) is 2.15. The Morgan fingerprint density at radius 2 is 1.90 bits per heavy atom. The molecule has 3 heterocycles. The highest BCUT2D eigenvalue weighted by atomic mass is 32.1. The smallest absolute Gasteiger partial charge is 0.274 e. The highest BCUT2D eigenvalue weighted by Gasteiger charge is 2.25. The molecule has 1 saturated heterocycles. The second kappa shape index (κ2) is 7.78. The summed E-state index contributed by atoms with van der Waals surface area (Å²) in [5, 5.41) is 5.45. The molecule has 1 aliphatic heterocycles. The van der Waals surface area contributed by atoms with Crippen LogP contribution in [0.5, 0.6) is 0 Å². The summed E-state index contributed by atoms with van der Waals surface area (Å²) < 4.78 is 3.05. The van der Waals surface area contributed by atoms with Crippen LogP contribution in [-0.2, 0) is 7.05 Å². The number of piperidine rings is 1. The van der Waals surface area contributed by atoms with E-state index in [9.17, 15) is 4.79 Å². The summed E-state index contributed by atoms with van der Waals surface area (Å²) >= 11 is 1.81. The van der Waals surface area contributed by atoms with Gasteiger partial charge >= 0.3 is 0 Å². The van der Waals surface area contributed by atoms with Gasteiger partial charge in [-0.15, -0.1) is 0 Å². The fourth-order valence-electron chi connectivity index (χ4n) is 4.02. The lowest BCUT2D eigenvalue weighted by Crippen LogP contribution is -2.39. The van der Waals surface area contributed by atoms with Crippen LogP contribution in [0.25, 0.3) is 10.2 Å². The molecule has 1 fully saturated rings. The summed E-state index contributed by atoms with van der Waals surface area (Å²) in [7, 11) is 3.75. The van der Waals surface area contributed by atoms with Crippen LogP contribution in [0.3, 0.4) is 0 Å². The van der Waals surface area contributed by atoms with Crippen molar-refractivity contribution in [2.75, 3.05) is 31.6 Å². The van der Waals surface area contributed by atoms with E-state index in [0.717, 1.165) is 48.8 Å². The Kier molecular flexibility index (Phi) is 5.34. The third-order valence-electron chi connectivity index (χ3n) is 6.03. The van der Waals surface area contributed by atoms with Crippen LogP contribution in [-0.4, -0.2) is 52.3 Å². The molecule has 6 nitrogen and oxygen atoms in total. The van der Waals surface area contributed by atoms with Crippen molar-refractivity contribution in [1.82, 2.24) is 19.7 Å². The lowest BCUT2D eigenvalue weighted by Gasteiger charge is -2.33. The molecule has 3 aromatic rings. The summed E-state index contributed by atoms with van der Waals surface area (Å²) in [6.45, 7) is 9.02. The fraction of sp³-hybridized carbons (Fsp3) is 0.500. The first-order valence-electron chi connectivity index (χ1n) is 10.2. The van der Waals surface area contributed by atoms with Crippen LogP contribution < -0.4 is 4.90 Å². The number of benzene rings is 1. The largest absolute Gasteiger partial charge is 0.348 e. The second-order valence-corrected chi connectivity index (χ2v) is 9.26. The molecule has 154 valence electrons. The van der Waals surface area contributed by atoms with E-state index in [-0.39, 0.29) is 5.91 Å². The van der Waals surface area contributed by atoms with Crippen LogP contribution in [0.2, 0.25) is 0 Å².